The number of carbonyl (C=O) groups is 1. The van der Waals surface area contributed by atoms with Gasteiger partial charge in [0.15, 0.2) is 0 Å². The van der Waals surface area contributed by atoms with Gasteiger partial charge in [-0.15, -0.1) is 0 Å². The molecule has 1 atom stereocenters. The number of aromatic nitrogens is 1. The predicted molar refractivity (Wildman–Crippen MR) is 109 cm³/mol. The Morgan fingerprint density at radius 3 is 2.43 bits per heavy atom. The number of hydrogen-bond donors (Lipinski definition) is 2. The summed E-state index contributed by atoms with van der Waals surface area (Å²) in [5.41, 5.74) is 2.88. The molecule has 6 nitrogen and oxygen atoms in total. The van der Waals surface area contributed by atoms with E-state index in [4.69, 9.17) is 9.47 Å². The summed E-state index contributed by atoms with van der Waals surface area (Å²) >= 11 is 0. The van der Waals surface area contributed by atoms with Gasteiger partial charge in [-0.05, 0) is 36.8 Å². The molecule has 2 N–H and O–H groups in total. The fourth-order valence-corrected chi connectivity index (χ4v) is 2.77. The van der Waals surface area contributed by atoms with Crippen molar-refractivity contribution in [3.05, 3.63) is 78.1 Å². The lowest BCUT2D eigenvalue weighted by Crippen LogP contribution is -2.27. The molecule has 2 aromatic carbocycles. The van der Waals surface area contributed by atoms with Crippen LogP contribution in [0.3, 0.4) is 0 Å². The summed E-state index contributed by atoms with van der Waals surface area (Å²) in [6.07, 6.45) is 1.61. The summed E-state index contributed by atoms with van der Waals surface area (Å²) in [5, 5.41) is 6.19. The van der Waals surface area contributed by atoms with Crippen molar-refractivity contribution in [1.29, 1.82) is 0 Å². The molecule has 0 saturated carbocycles. The fraction of sp³-hybridized carbons (Fsp3) is 0.182. The normalized spacial score (nSPS) is 11.4. The molecule has 1 heterocycles. The molecular weight excluding hydrogens is 354 g/mol. The first kappa shape index (κ1) is 19.2. The highest BCUT2D eigenvalue weighted by molar-refractivity contribution is 5.92. The van der Waals surface area contributed by atoms with Crippen LogP contribution in [0, 0.1) is 0 Å². The summed E-state index contributed by atoms with van der Waals surface area (Å²) < 4.78 is 10.6. The molecule has 1 unspecified atom stereocenters. The molecule has 0 fully saturated rings. The minimum Gasteiger partial charge on any atom is -0.497 e. The van der Waals surface area contributed by atoms with E-state index in [1.165, 1.54) is 0 Å². The molecule has 0 aliphatic carbocycles. The summed E-state index contributed by atoms with van der Waals surface area (Å²) in [6.45, 7) is 1.94. The molecule has 144 valence electrons. The van der Waals surface area contributed by atoms with Crippen molar-refractivity contribution in [2.75, 3.05) is 19.5 Å². The molecular formula is C22H23N3O3. The molecule has 3 rings (SSSR count). The largest absolute Gasteiger partial charge is 0.497 e. The minimum atomic E-state index is -0.220. The lowest BCUT2D eigenvalue weighted by atomic mass is 10.1. The average molecular weight is 377 g/mol. The molecule has 6 heteroatoms. The number of rotatable bonds is 7. The Balaban J connectivity index is 1.69. The van der Waals surface area contributed by atoms with Crippen molar-refractivity contribution in [1.82, 2.24) is 10.3 Å². The van der Waals surface area contributed by atoms with Crippen LogP contribution in [-0.4, -0.2) is 25.1 Å². The van der Waals surface area contributed by atoms with Gasteiger partial charge < -0.3 is 20.1 Å². The standard InChI is InChI=1S/C22H23N3O3/c1-15(16-7-5-4-6-8-16)24-22(26)19-11-9-17(14-23-19)25-20-13-18(27-2)10-12-21(20)28-3/h4-15,25H,1-3H3,(H,24,26). The Morgan fingerprint density at radius 1 is 1.00 bits per heavy atom. The van der Waals surface area contributed by atoms with E-state index in [0.29, 0.717) is 17.2 Å². The van der Waals surface area contributed by atoms with Crippen molar-refractivity contribution in [3.8, 4) is 11.5 Å². The van der Waals surface area contributed by atoms with Crippen LogP contribution in [0.5, 0.6) is 11.5 Å². The lowest BCUT2D eigenvalue weighted by Gasteiger charge is -2.15. The van der Waals surface area contributed by atoms with Gasteiger partial charge in [-0.1, -0.05) is 30.3 Å². The number of methoxy groups -OCH3 is 2. The number of amides is 1. The Morgan fingerprint density at radius 2 is 1.79 bits per heavy atom. The Hall–Kier alpha value is -3.54. The fourth-order valence-electron chi connectivity index (χ4n) is 2.77. The van der Waals surface area contributed by atoms with E-state index in [9.17, 15) is 4.79 Å². The lowest BCUT2D eigenvalue weighted by molar-refractivity contribution is 0.0935. The first-order chi connectivity index (χ1) is 13.6. The maximum atomic E-state index is 12.5. The average Bonchev–Trinajstić information content (AvgIpc) is 2.74. The van der Waals surface area contributed by atoms with E-state index in [-0.39, 0.29) is 11.9 Å². The van der Waals surface area contributed by atoms with Gasteiger partial charge in [0.25, 0.3) is 5.91 Å². The highest BCUT2D eigenvalue weighted by atomic mass is 16.5. The molecule has 3 aromatic rings. The topological polar surface area (TPSA) is 72.5 Å². The van der Waals surface area contributed by atoms with Crippen molar-refractivity contribution < 1.29 is 14.3 Å². The number of benzene rings is 2. The summed E-state index contributed by atoms with van der Waals surface area (Å²) in [7, 11) is 3.21. The molecule has 1 amide bonds. The van der Waals surface area contributed by atoms with Crippen LogP contribution in [0.4, 0.5) is 11.4 Å². The van der Waals surface area contributed by atoms with E-state index in [0.717, 1.165) is 16.9 Å². The third-order valence-corrected chi connectivity index (χ3v) is 4.33. The molecule has 0 aliphatic rings. The number of carbonyl (C=O) groups excluding carboxylic acids is 1. The minimum absolute atomic E-state index is 0.102. The van der Waals surface area contributed by atoms with E-state index in [1.807, 2.05) is 55.5 Å². The zero-order valence-electron chi connectivity index (χ0n) is 16.1. The number of nitrogens with one attached hydrogen (secondary N) is 2. The molecule has 0 aliphatic heterocycles. The third-order valence-electron chi connectivity index (χ3n) is 4.33. The maximum absolute atomic E-state index is 12.5. The van der Waals surface area contributed by atoms with Crippen molar-refractivity contribution >= 4 is 17.3 Å². The second-order valence-electron chi connectivity index (χ2n) is 6.23. The third kappa shape index (κ3) is 4.59. The van der Waals surface area contributed by atoms with Crippen LogP contribution < -0.4 is 20.1 Å². The number of nitrogens with zero attached hydrogens (tertiary/aromatic N) is 1. The SMILES string of the molecule is COc1ccc(OC)c(Nc2ccc(C(=O)NC(C)c3ccccc3)nc2)c1. The van der Waals surface area contributed by atoms with Crippen LogP contribution in [0.25, 0.3) is 0 Å². The zero-order chi connectivity index (χ0) is 19.9. The molecule has 1 aromatic heterocycles. The smallest absolute Gasteiger partial charge is 0.270 e. The number of ether oxygens (including phenoxy) is 2. The van der Waals surface area contributed by atoms with Gasteiger partial charge in [0.2, 0.25) is 0 Å². The predicted octanol–water partition coefficient (Wildman–Crippen LogP) is 4.33. The Labute approximate surface area is 164 Å². The summed E-state index contributed by atoms with van der Waals surface area (Å²) in [6, 6.07) is 18.7. The van der Waals surface area contributed by atoms with Crippen LogP contribution in [0.15, 0.2) is 66.9 Å². The highest BCUT2D eigenvalue weighted by Gasteiger charge is 2.13. The second kappa shape index (κ2) is 8.90. The molecule has 0 bridgehead atoms. The maximum Gasteiger partial charge on any atom is 0.270 e. The van der Waals surface area contributed by atoms with Crippen molar-refractivity contribution in [3.63, 3.8) is 0 Å². The van der Waals surface area contributed by atoms with E-state index in [2.05, 4.69) is 15.6 Å². The van der Waals surface area contributed by atoms with E-state index in [1.54, 1.807) is 32.5 Å². The monoisotopic (exact) mass is 377 g/mol. The first-order valence-electron chi connectivity index (χ1n) is 8.91. The van der Waals surface area contributed by atoms with Crippen LogP contribution in [0.1, 0.15) is 29.0 Å². The quantitative estimate of drug-likeness (QED) is 0.641. The van der Waals surface area contributed by atoms with E-state index < -0.39 is 0 Å². The molecule has 0 radical (unpaired) electrons. The number of pyridine rings is 1. The van der Waals surface area contributed by atoms with Gasteiger partial charge in [0.05, 0.1) is 37.8 Å². The van der Waals surface area contributed by atoms with Crippen LogP contribution in [-0.2, 0) is 0 Å². The van der Waals surface area contributed by atoms with Crippen molar-refractivity contribution in [2.45, 2.75) is 13.0 Å². The van der Waals surface area contributed by atoms with Gasteiger partial charge in [0, 0.05) is 6.07 Å². The Bertz CT molecular complexity index is 928. The molecule has 28 heavy (non-hydrogen) atoms. The summed E-state index contributed by atoms with van der Waals surface area (Å²) in [5.74, 6) is 1.17. The van der Waals surface area contributed by atoms with Gasteiger partial charge in [0.1, 0.15) is 17.2 Å². The van der Waals surface area contributed by atoms with Gasteiger partial charge in [-0.2, -0.15) is 0 Å². The van der Waals surface area contributed by atoms with Gasteiger partial charge >= 0.3 is 0 Å². The Kier molecular flexibility index (Phi) is 6.11. The van der Waals surface area contributed by atoms with Gasteiger partial charge in [-0.25, -0.2) is 4.98 Å². The van der Waals surface area contributed by atoms with E-state index >= 15 is 0 Å². The van der Waals surface area contributed by atoms with Crippen LogP contribution >= 0.6 is 0 Å². The molecule has 0 spiro atoms. The number of hydrogen-bond acceptors (Lipinski definition) is 5. The highest BCUT2D eigenvalue weighted by Crippen LogP contribution is 2.31. The molecule has 0 saturated heterocycles. The first-order valence-corrected chi connectivity index (χ1v) is 8.91. The second-order valence-corrected chi connectivity index (χ2v) is 6.23. The number of anilines is 2. The summed E-state index contributed by atoms with van der Waals surface area (Å²) in [4.78, 5) is 16.7. The van der Waals surface area contributed by atoms with Gasteiger partial charge in [-0.3, -0.25) is 4.79 Å². The van der Waals surface area contributed by atoms with Crippen LogP contribution in [0.2, 0.25) is 0 Å². The van der Waals surface area contributed by atoms with Crippen molar-refractivity contribution in [2.24, 2.45) is 0 Å². The zero-order valence-corrected chi connectivity index (χ0v) is 16.1.